The highest BCUT2D eigenvalue weighted by atomic mass is 79.9. The topological polar surface area (TPSA) is 67.3 Å². The molecule has 1 N–H and O–H groups in total. The third-order valence-corrected chi connectivity index (χ3v) is 4.48. The summed E-state index contributed by atoms with van der Waals surface area (Å²) in [5, 5.41) is 1.64. The maximum absolute atomic E-state index is 4.34. The number of nitrogens with one attached hydrogen (secondary N) is 1. The van der Waals surface area contributed by atoms with E-state index in [1.807, 2.05) is 6.07 Å². The van der Waals surface area contributed by atoms with Gasteiger partial charge in [-0.1, -0.05) is 0 Å². The Kier molecular flexibility index (Phi) is 3.31. The van der Waals surface area contributed by atoms with Crippen LogP contribution in [0.2, 0.25) is 0 Å². The molecule has 0 aromatic carbocycles. The van der Waals surface area contributed by atoms with Crippen LogP contribution in [0.3, 0.4) is 0 Å². The molecule has 18 heavy (non-hydrogen) atoms. The number of hydrogen-bond donors (Lipinski definition) is 1. The van der Waals surface area contributed by atoms with Crippen LogP contribution in [0, 0.1) is 0 Å². The van der Waals surface area contributed by atoms with Crippen molar-refractivity contribution >= 4 is 54.8 Å². The Morgan fingerprint density at radius 3 is 2.78 bits per heavy atom. The lowest BCUT2D eigenvalue weighted by Gasteiger charge is -2.03. The Morgan fingerprint density at radius 2 is 1.94 bits per heavy atom. The highest BCUT2D eigenvalue weighted by Gasteiger charge is 2.10. The first-order chi connectivity index (χ1) is 8.74. The number of imidazole rings is 1. The van der Waals surface area contributed by atoms with Crippen molar-refractivity contribution in [2.75, 3.05) is 0 Å². The minimum atomic E-state index is 0.653. The van der Waals surface area contributed by atoms with Crippen LogP contribution < -0.4 is 0 Å². The smallest absolute Gasteiger partial charge is 0.181 e. The number of aromatic nitrogens is 5. The van der Waals surface area contributed by atoms with Gasteiger partial charge in [-0.25, -0.2) is 19.9 Å². The molecule has 0 saturated heterocycles. The van der Waals surface area contributed by atoms with Crippen molar-refractivity contribution in [1.82, 2.24) is 24.9 Å². The molecular formula is C10H5Br2N5S. The van der Waals surface area contributed by atoms with Gasteiger partial charge in [0.15, 0.2) is 5.65 Å². The summed E-state index contributed by atoms with van der Waals surface area (Å²) in [6, 6.07) is 1.95. The van der Waals surface area contributed by atoms with Crippen molar-refractivity contribution < 1.29 is 0 Å². The average molecular weight is 387 g/mol. The molecule has 8 heteroatoms. The summed E-state index contributed by atoms with van der Waals surface area (Å²) < 4.78 is 1.83. The zero-order valence-electron chi connectivity index (χ0n) is 8.76. The Hall–Kier alpha value is -0.990. The first-order valence-corrected chi connectivity index (χ1v) is 7.27. The van der Waals surface area contributed by atoms with Crippen LogP contribution in [0.5, 0.6) is 0 Å². The van der Waals surface area contributed by atoms with Gasteiger partial charge < -0.3 is 4.98 Å². The second-order valence-electron chi connectivity index (χ2n) is 3.32. The summed E-state index contributed by atoms with van der Waals surface area (Å²) in [5.74, 6) is 0. The molecule has 3 aromatic rings. The lowest BCUT2D eigenvalue weighted by atomic mass is 10.5. The highest BCUT2D eigenvalue weighted by Crippen LogP contribution is 2.34. The van der Waals surface area contributed by atoms with Gasteiger partial charge in [-0.3, -0.25) is 0 Å². The lowest BCUT2D eigenvalue weighted by molar-refractivity contribution is 1.06. The van der Waals surface area contributed by atoms with E-state index < -0.39 is 0 Å². The van der Waals surface area contributed by atoms with Crippen LogP contribution in [0.15, 0.2) is 43.9 Å². The number of rotatable bonds is 2. The maximum Gasteiger partial charge on any atom is 0.181 e. The molecule has 0 atom stereocenters. The lowest BCUT2D eigenvalue weighted by Crippen LogP contribution is -1.88. The Labute approximate surface area is 123 Å². The van der Waals surface area contributed by atoms with Gasteiger partial charge in [0.05, 0.1) is 10.8 Å². The van der Waals surface area contributed by atoms with Crippen molar-refractivity contribution in [3.05, 3.63) is 33.9 Å². The normalized spacial score (nSPS) is 11.0. The molecule has 0 unspecified atom stereocenters. The van der Waals surface area contributed by atoms with E-state index in [4.69, 9.17) is 0 Å². The molecule has 0 amide bonds. The van der Waals surface area contributed by atoms with Gasteiger partial charge in [-0.2, -0.15) is 0 Å². The number of halogens is 2. The van der Waals surface area contributed by atoms with E-state index in [0.717, 1.165) is 24.5 Å². The molecule has 5 nitrogen and oxygen atoms in total. The zero-order chi connectivity index (χ0) is 12.5. The van der Waals surface area contributed by atoms with Gasteiger partial charge in [0, 0.05) is 10.7 Å². The van der Waals surface area contributed by atoms with Gasteiger partial charge in [0.1, 0.15) is 21.9 Å². The maximum atomic E-state index is 4.34. The molecule has 3 rings (SSSR count). The molecule has 90 valence electrons. The first-order valence-electron chi connectivity index (χ1n) is 4.87. The second-order valence-corrected chi connectivity index (χ2v) is 6.07. The SMILES string of the molecule is Brc1cnc(Sc2ncnc3nc[nH]c23)c(Br)c1. The van der Waals surface area contributed by atoms with E-state index in [-0.39, 0.29) is 0 Å². The molecule has 0 aliphatic carbocycles. The van der Waals surface area contributed by atoms with Gasteiger partial charge in [-0.15, -0.1) is 0 Å². The van der Waals surface area contributed by atoms with Crippen LogP contribution in [0.1, 0.15) is 0 Å². The largest absolute Gasteiger partial charge is 0.341 e. The number of nitrogens with zero attached hydrogens (tertiary/aromatic N) is 4. The monoisotopic (exact) mass is 385 g/mol. The summed E-state index contributed by atoms with van der Waals surface area (Å²) in [4.78, 5) is 19.8. The number of hydrogen-bond acceptors (Lipinski definition) is 5. The van der Waals surface area contributed by atoms with Gasteiger partial charge in [-0.05, 0) is 49.7 Å². The van der Waals surface area contributed by atoms with Crippen molar-refractivity contribution in [3.8, 4) is 0 Å². The van der Waals surface area contributed by atoms with E-state index in [9.17, 15) is 0 Å². The molecule has 0 spiro atoms. The van der Waals surface area contributed by atoms with Crippen LogP contribution in [-0.2, 0) is 0 Å². The summed E-state index contributed by atoms with van der Waals surface area (Å²) >= 11 is 8.30. The standard InChI is InChI=1S/C10H5Br2N5S/c11-5-1-6(12)9(13-2-5)18-10-7-8(15-3-14-7)16-4-17-10/h1-4H,(H,14,15,16,17). The zero-order valence-corrected chi connectivity index (χ0v) is 12.8. The molecule has 0 fully saturated rings. The third-order valence-electron chi connectivity index (χ3n) is 2.16. The van der Waals surface area contributed by atoms with Crippen LogP contribution >= 0.6 is 43.6 Å². The summed E-state index contributed by atoms with van der Waals surface area (Å²) in [6.07, 6.45) is 4.85. The molecular weight excluding hydrogens is 382 g/mol. The van der Waals surface area contributed by atoms with E-state index >= 15 is 0 Å². The van der Waals surface area contributed by atoms with E-state index in [1.54, 1.807) is 12.5 Å². The predicted molar refractivity (Wildman–Crippen MR) is 75.4 cm³/mol. The summed E-state index contributed by atoms with van der Waals surface area (Å²) in [6.45, 7) is 0. The fraction of sp³-hybridized carbons (Fsp3) is 0. The van der Waals surface area contributed by atoms with Crippen molar-refractivity contribution in [1.29, 1.82) is 0 Å². The number of pyridine rings is 1. The van der Waals surface area contributed by atoms with Crippen molar-refractivity contribution in [2.45, 2.75) is 10.1 Å². The minimum Gasteiger partial charge on any atom is -0.341 e. The highest BCUT2D eigenvalue weighted by molar-refractivity contribution is 9.11. The van der Waals surface area contributed by atoms with E-state index in [1.165, 1.54) is 18.1 Å². The van der Waals surface area contributed by atoms with Crippen LogP contribution in [-0.4, -0.2) is 24.9 Å². The Balaban J connectivity index is 2.03. The van der Waals surface area contributed by atoms with E-state index in [0.29, 0.717) is 5.65 Å². The summed E-state index contributed by atoms with van der Waals surface area (Å²) in [7, 11) is 0. The molecule has 3 heterocycles. The first kappa shape index (κ1) is 12.1. The van der Waals surface area contributed by atoms with Gasteiger partial charge >= 0.3 is 0 Å². The summed E-state index contributed by atoms with van der Waals surface area (Å²) in [5.41, 5.74) is 1.47. The minimum absolute atomic E-state index is 0.653. The van der Waals surface area contributed by atoms with Crippen LogP contribution in [0.4, 0.5) is 0 Å². The molecule has 0 saturated carbocycles. The molecule has 0 radical (unpaired) electrons. The van der Waals surface area contributed by atoms with Gasteiger partial charge in [0.25, 0.3) is 0 Å². The number of fused-ring (bicyclic) bond motifs is 1. The van der Waals surface area contributed by atoms with Gasteiger partial charge in [0.2, 0.25) is 0 Å². The van der Waals surface area contributed by atoms with Crippen LogP contribution in [0.25, 0.3) is 11.2 Å². The quantitative estimate of drug-likeness (QED) is 0.683. The molecule has 0 bridgehead atoms. The van der Waals surface area contributed by atoms with E-state index in [2.05, 4.69) is 56.8 Å². The van der Waals surface area contributed by atoms with Crippen molar-refractivity contribution in [3.63, 3.8) is 0 Å². The average Bonchev–Trinajstić information content (AvgIpc) is 2.82. The second kappa shape index (κ2) is 4.94. The third kappa shape index (κ3) is 2.27. The Bertz CT molecular complexity index is 714. The Morgan fingerprint density at radius 1 is 1.06 bits per heavy atom. The molecule has 0 aliphatic heterocycles. The fourth-order valence-corrected chi connectivity index (χ4v) is 3.42. The molecule has 0 aliphatic rings. The number of H-pyrrole nitrogens is 1. The van der Waals surface area contributed by atoms with Crippen molar-refractivity contribution in [2.24, 2.45) is 0 Å². The fourth-order valence-electron chi connectivity index (χ4n) is 1.39. The number of aromatic amines is 1. The predicted octanol–water partition coefficient (Wildman–Crippen LogP) is 3.42. The molecule has 3 aromatic heterocycles.